The molecule has 4 heteroatoms. The van der Waals surface area contributed by atoms with Crippen molar-refractivity contribution in [2.75, 3.05) is 0 Å². The molecule has 2 aromatic carbocycles. The number of nitrogens with zero attached hydrogens (tertiary/aromatic N) is 2. The van der Waals surface area contributed by atoms with Crippen LogP contribution in [-0.4, -0.2) is 14.5 Å². The largest absolute Gasteiger partial charge is 0.330 e. The van der Waals surface area contributed by atoms with Gasteiger partial charge in [-0.3, -0.25) is 9.55 Å². The first kappa shape index (κ1) is 12.3. The fraction of sp³-hybridized carbons (Fsp3) is 0.0588. The van der Waals surface area contributed by atoms with Gasteiger partial charge in [-0.05, 0) is 43.4 Å². The third kappa shape index (κ3) is 1.87. The van der Waals surface area contributed by atoms with Gasteiger partial charge in [-0.2, -0.15) is 0 Å². The molecule has 2 heterocycles. The van der Waals surface area contributed by atoms with Crippen molar-refractivity contribution in [1.82, 2.24) is 14.5 Å². The number of para-hydroxylation sites is 3. The zero-order valence-corrected chi connectivity index (χ0v) is 12.3. The molecule has 21 heavy (non-hydrogen) atoms. The molecule has 0 fully saturated rings. The van der Waals surface area contributed by atoms with Crippen LogP contribution in [0.1, 0.15) is 5.69 Å². The van der Waals surface area contributed by atoms with Gasteiger partial charge in [0.05, 0.1) is 22.2 Å². The molecular weight excluding hydrogens is 278 g/mol. The molecule has 0 aliphatic rings. The summed E-state index contributed by atoms with van der Waals surface area (Å²) in [6.45, 7) is 2.00. The van der Waals surface area contributed by atoms with E-state index in [4.69, 9.17) is 17.2 Å². The number of fused-ring (bicyclic) bond motifs is 2. The summed E-state index contributed by atoms with van der Waals surface area (Å²) in [5.41, 5.74) is 5.09. The van der Waals surface area contributed by atoms with Crippen molar-refractivity contribution in [2.45, 2.75) is 6.92 Å². The predicted octanol–water partition coefficient (Wildman–Crippen LogP) is 4.54. The van der Waals surface area contributed by atoms with Crippen LogP contribution in [0.2, 0.25) is 0 Å². The lowest BCUT2D eigenvalue weighted by Crippen LogP contribution is -1.97. The average Bonchev–Trinajstić information content (AvgIpc) is 2.82. The second-order valence-electron chi connectivity index (χ2n) is 5.08. The number of nitrogens with one attached hydrogen (secondary N) is 1. The summed E-state index contributed by atoms with van der Waals surface area (Å²) in [7, 11) is 0. The van der Waals surface area contributed by atoms with E-state index < -0.39 is 0 Å². The van der Waals surface area contributed by atoms with Crippen molar-refractivity contribution in [3.05, 3.63) is 65.1 Å². The van der Waals surface area contributed by atoms with Gasteiger partial charge in [0.1, 0.15) is 0 Å². The Hall–Kier alpha value is -2.46. The second-order valence-corrected chi connectivity index (χ2v) is 5.47. The van der Waals surface area contributed by atoms with E-state index in [0.717, 1.165) is 33.3 Å². The molecule has 3 nitrogen and oxygen atoms in total. The minimum atomic E-state index is 0.687. The SMILES string of the molecule is Cc1ccc2cccc(-n3c(=S)[nH]c4ccccc43)c2n1. The minimum absolute atomic E-state index is 0.687. The molecule has 4 aromatic rings. The maximum absolute atomic E-state index is 5.51. The highest BCUT2D eigenvalue weighted by molar-refractivity contribution is 7.71. The molecule has 0 aliphatic carbocycles. The van der Waals surface area contributed by atoms with Crippen LogP contribution in [0.4, 0.5) is 0 Å². The second kappa shape index (κ2) is 4.53. The molecule has 0 aliphatic heterocycles. The maximum Gasteiger partial charge on any atom is 0.182 e. The molecule has 0 unspecified atom stereocenters. The Bertz CT molecular complexity index is 1030. The van der Waals surface area contributed by atoms with Crippen molar-refractivity contribution in [1.29, 1.82) is 0 Å². The van der Waals surface area contributed by atoms with E-state index in [-0.39, 0.29) is 0 Å². The van der Waals surface area contributed by atoms with Crippen molar-refractivity contribution in [3.63, 3.8) is 0 Å². The van der Waals surface area contributed by atoms with Gasteiger partial charge in [-0.15, -0.1) is 0 Å². The van der Waals surface area contributed by atoms with Gasteiger partial charge in [0.15, 0.2) is 4.77 Å². The Balaban J connectivity index is 2.16. The van der Waals surface area contributed by atoms with Crippen LogP contribution in [0.5, 0.6) is 0 Å². The fourth-order valence-electron chi connectivity index (χ4n) is 2.70. The Morgan fingerprint density at radius 3 is 2.76 bits per heavy atom. The number of benzene rings is 2. The minimum Gasteiger partial charge on any atom is -0.330 e. The molecule has 0 bridgehead atoms. The predicted molar refractivity (Wildman–Crippen MR) is 88.5 cm³/mol. The lowest BCUT2D eigenvalue weighted by Gasteiger charge is -2.08. The molecule has 4 rings (SSSR count). The average molecular weight is 291 g/mol. The fourth-order valence-corrected chi connectivity index (χ4v) is 3.01. The monoisotopic (exact) mass is 291 g/mol. The summed E-state index contributed by atoms with van der Waals surface area (Å²) in [5.74, 6) is 0. The standard InChI is InChI=1S/C17H13N3S/c1-11-9-10-12-5-4-8-15(16(12)18-11)20-14-7-3-2-6-13(14)19-17(20)21/h2-10H,1H3,(H,19,21). The lowest BCUT2D eigenvalue weighted by molar-refractivity contribution is 1.07. The number of hydrogen-bond donors (Lipinski definition) is 1. The first-order valence-electron chi connectivity index (χ1n) is 6.80. The Kier molecular flexibility index (Phi) is 2.65. The summed E-state index contributed by atoms with van der Waals surface area (Å²) in [4.78, 5) is 7.95. The van der Waals surface area contributed by atoms with Crippen LogP contribution in [0.3, 0.4) is 0 Å². The molecule has 1 N–H and O–H groups in total. The summed E-state index contributed by atoms with van der Waals surface area (Å²) >= 11 is 5.51. The molecule has 0 saturated heterocycles. The van der Waals surface area contributed by atoms with E-state index in [0.29, 0.717) is 4.77 Å². The molecule has 0 amide bonds. The van der Waals surface area contributed by atoms with Crippen molar-refractivity contribution >= 4 is 34.2 Å². The van der Waals surface area contributed by atoms with Gasteiger partial charge in [-0.25, -0.2) is 0 Å². The van der Waals surface area contributed by atoms with Crippen molar-refractivity contribution in [2.24, 2.45) is 0 Å². The first-order chi connectivity index (χ1) is 10.2. The number of imidazole rings is 1. The van der Waals surface area contributed by atoms with Crippen LogP contribution in [0.25, 0.3) is 27.6 Å². The van der Waals surface area contributed by atoms with E-state index in [9.17, 15) is 0 Å². The van der Waals surface area contributed by atoms with Gasteiger partial charge in [0.2, 0.25) is 0 Å². The van der Waals surface area contributed by atoms with Gasteiger partial charge >= 0.3 is 0 Å². The molecule has 0 radical (unpaired) electrons. The quantitative estimate of drug-likeness (QED) is 0.522. The van der Waals surface area contributed by atoms with Crippen LogP contribution in [0.15, 0.2) is 54.6 Å². The van der Waals surface area contributed by atoms with Gasteiger partial charge in [-0.1, -0.05) is 30.3 Å². The van der Waals surface area contributed by atoms with E-state index in [2.05, 4.69) is 33.8 Å². The van der Waals surface area contributed by atoms with Crippen LogP contribution >= 0.6 is 12.2 Å². The number of aryl methyl sites for hydroxylation is 1. The molecular formula is C17H13N3S. The van der Waals surface area contributed by atoms with Crippen molar-refractivity contribution < 1.29 is 0 Å². The molecule has 0 spiro atoms. The number of hydrogen-bond acceptors (Lipinski definition) is 2. The smallest absolute Gasteiger partial charge is 0.182 e. The van der Waals surface area contributed by atoms with Gasteiger partial charge < -0.3 is 4.98 Å². The van der Waals surface area contributed by atoms with Crippen LogP contribution in [0, 0.1) is 11.7 Å². The highest BCUT2D eigenvalue weighted by atomic mass is 32.1. The Morgan fingerprint density at radius 1 is 1.00 bits per heavy atom. The third-order valence-electron chi connectivity index (χ3n) is 3.67. The number of aromatic nitrogens is 3. The molecule has 0 saturated carbocycles. The maximum atomic E-state index is 5.51. The van der Waals surface area contributed by atoms with E-state index in [1.54, 1.807) is 0 Å². The normalized spacial score (nSPS) is 11.3. The van der Waals surface area contributed by atoms with E-state index >= 15 is 0 Å². The highest BCUT2D eigenvalue weighted by Gasteiger charge is 2.10. The Morgan fingerprint density at radius 2 is 1.86 bits per heavy atom. The van der Waals surface area contributed by atoms with Crippen LogP contribution < -0.4 is 0 Å². The van der Waals surface area contributed by atoms with E-state index in [1.165, 1.54) is 0 Å². The topological polar surface area (TPSA) is 33.6 Å². The summed E-state index contributed by atoms with van der Waals surface area (Å²) in [6, 6.07) is 18.4. The lowest BCUT2D eigenvalue weighted by atomic mass is 10.1. The van der Waals surface area contributed by atoms with Crippen LogP contribution in [-0.2, 0) is 0 Å². The molecule has 0 atom stereocenters. The first-order valence-corrected chi connectivity index (χ1v) is 7.21. The zero-order valence-electron chi connectivity index (χ0n) is 11.5. The number of rotatable bonds is 1. The third-order valence-corrected chi connectivity index (χ3v) is 3.95. The summed E-state index contributed by atoms with van der Waals surface area (Å²) in [6.07, 6.45) is 0. The summed E-state index contributed by atoms with van der Waals surface area (Å²) in [5, 5.41) is 1.12. The number of aromatic amines is 1. The Labute approximate surface area is 126 Å². The highest BCUT2D eigenvalue weighted by Crippen LogP contribution is 2.25. The van der Waals surface area contributed by atoms with E-state index in [1.807, 2.05) is 37.3 Å². The summed E-state index contributed by atoms with van der Waals surface area (Å²) < 4.78 is 2.74. The van der Waals surface area contributed by atoms with Gasteiger partial charge in [0.25, 0.3) is 0 Å². The number of pyridine rings is 1. The van der Waals surface area contributed by atoms with Gasteiger partial charge in [0, 0.05) is 11.1 Å². The molecule has 102 valence electrons. The van der Waals surface area contributed by atoms with Crippen molar-refractivity contribution in [3.8, 4) is 5.69 Å². The zero-order chi connectivity index (χ0) is 14.4. The number of H-pyrrole nitrogens is 1. The molecule has 2 aromatic heterocycles.